The van der Waals surface area contributed by atoms with E-state index in [-0.39, 0.29) is 5.56 Å². The molecule has 0 bridgehead atoms. The zero-order valence-corrected chi connectivity index (χ0v) is 9.47. The number of aliphatic hydroxyl groups excluding tert-OH is 1. The normalized spacial score (nSPS) is 13.8. The van der Waals surface area contributed by atoms with E-state index >= 15 is 0 Å². The van der Waals surface area contributed by atoms with Gasteiger partial charge in [-0.1, -0.05) is 6.07 Å². The van der Waals surface area contributed by atoms with Crippen molar-refractivity contribution in [3.8, 4) is 0 Å². The molecule has 90 valence electrons. The van der Waals surface area contributed by atoms with Crippen molar-refractivity contribution in [2.24, 2.45) is 0 Å². The topological polar surface area (TPSA) is 54.4 Å². The maximum atomic E-state index is 13.2. The van der Waals surface area contributed by atoms with E-state index in [9.17, 15) is 17.2 Å². The molecule has 3 nitrogen and oxygen atoms in total. The van der Waals surface area contributed by atoms with Crippen LogP contribution in [-0.2, 0) is 15.6 Å². The first-order chi connectivity index (χ1) is 7.30. The molecule has 1 N–H and O–H groups in total. The Kier molecular flexibility index (Phi) is 3.98. The molecule has 0 amide bonds. The van der Waals surface area contributed by atoms with Crippen molar-refractivity contribution in [2.75, 3.05) is 5.75 Å². The third kappa shape index (κ3) is 3.86. The fourth-order valence-electron chi connectivity index (χ4n) is 1.30. The van der Waals surface area contributed by atoms with Gasteiger partial charge >= 0.3 is 0 Å². The van der Waals surface area contributed by atoms with Crippen molar-refractivity contribution in [1.29, 1.82) is 0 Å². The van der Waals surface area contributed by atoms with Crippen LogP contribution in [0.5, 0.6) is 0 Å². The molecule has 1 atom stereocenters. The molecule has 0 spiro atoms. The predicted octanol–water partition coefficient (Wildman–Crippen LogP) is 1.26. The highest BCUT2D eigenvalue weighted by atomic mass is 32.2. The fourth-order valence-corrected chi connectivity index (χ4v) is 2.86. The van der Waals surface area contributed by atoms with Crippen LogP contribution in [0.4, 0.5) is 8.78 Å². The zero-order valence-electron chi connectivity index (χ0n) is 8.65. The van der Waals surface area contributed by atoms with Gasteiger partial charge in [0.2, 0.25) is 0 Å². The van der Waals surface area contributed by atoms with Crippen LogP contribution in [-0.4, -0.2) is 25.4 Å². The summed E-state index contributed by atoms with van der Waals surface area (Å²) in [6.07, 6.45) is -1.01. The highest BCUT2D eigenvalue weighted by Crippen LogP contribution is 2.13. The van der Waals surface area contributed by atoms with E-state index in [0.29, 0.717) is 6.07 Å². The van der Waals surface area contributed by atoms with Gasteiger partial charge in [-0.25, -0.2) is 17.2 Å². The number of halogens is 2. The van der Waals surface area contributed by atoms with E-state index in [1.54, 1.807) is 0 Å². The average molecular weight is 250 g/mol. The highest BCUT2D eigenvalue weighted by Gasteiger charge is 2.17. The predicted molar refractivity (Wildman–Crippen MR) is 55.5 cm³/mol. The van der Waals surface area contributed by atoms with Gasteiger partial charge in [0.1, 0.15) is 11.6 Å². The third-order valence-corrected chi connectivity index (χ3v) is 3.63. The molecule has 1 rings (SSSR count). The van der Waals surface area contributed by atoms with Crippen LogP contribution in [0.1, 0.15) is 12.5 Å². The first kappa shape index (κ1) is 13.1. The van der Waals surface area contributed by atoms with Crippen LogP contribution in [0, 0.1) is 11.6 Å². The van der Waals surface area contributed by atoms with Crippen LogP contribution >= 0.6 is 0 Å². The Labute approximate surface area is 92.6 Å². The van der Waals surface area contributed by atoms with Gasteiger partial charge in [-0.15, -0.1) is 0 Å². The summed E-state index contributed by atoms with van der Waals surface area (Å²) in [5.74, 6) is -2.63. The van der Waals surface area contributed by atoms with Crippen molar-refractivity contribution in [2.45, 2.75) is 18.8 Å². The van der Waals surface area contributed by atoms with Crippen molar-refractivity contribution < 1.29 is 22.3 Å². The molecule has 1 unspecified atom stereocenters. The SMILES string of the molecule is CC(O)CS(=O)(=O)Cc1ccc(F)cc1F. The lowest BCUT2D eigenvalue weighted by Crippen LogP contribution is -2.19. The molecular weight excluding hydrogens is 238 g/mol. The summed E-state index contributed by atoms with van der Waals surface area (Å²) in [5, 5.41) is 8.95. The van der Waals surface area contributed by atoms with Gasteiger partial charge < -0.3 is 5.11 Å². The number of rotatable bonds is 4. The van der Waals surface area contributed by atoms with E-state index in [0.717, 1.165) is 12.1 Å². The second-order valence-corrected chi connectivity index (χ2v) is 5.75. The van der Waals surface area contributed by atoms with Gasteiger partial charge in [-0.2, -0.15) is 0 Å². The van der Waals surface area contributed by atoms with Crippen molar-refractivity contribution in [3.63, 3.8) is 0 Å². The Bertz CT molecular complexity index is 469. The molecular formula is C10H12F2O3S. The standard InChI is InChI=1S/C10H12F2O3S/c1-7(13)5-16(14,15)6-8-2-3-9(11)4-10(8)12/h2-4,7,13H,5-6H2,1H3. The van der Waals surface area contributed by atoms with Crippen molar-refractivity contribution >= 4 is 9.84 Å². The lowest BCUT2D eigenvalue weighted by Gasteiger charge is -2.07. The maximum absolute atomic E-state index is 13.2. The molecule has 1 aromatic rings. The van der Waals surface area contributed by atoms with E-state index in [1.165, 1.54) is 6.92 Å². The lowest BCUT2D eigenvalue weighted by molar-refractivity contribution is 0.218. The van der Waals surface area contributed by atoms with Crippen LogP contribution in [0.2, 0.25) is 0 Å². The number of benzene rings is 1. The number of aliphatic hydroxyl groups is 1. The van der Waals surface area contributed by atoms with Gasteiger partial charge in [-0.05, 0) is 13.0 Å². The molecule has 0 aromatic heterocycles. The number of sulfone groups is 1. The molecule has 0 aliphatic rings. The smallest absolute Gasteiger partial charge is 0.157 e. The van der Waals surface area contributed by atoms with Crippen LogP contribution < -0.4 is 0 Å². The summed E-state index contributed by atoms with van der Waals surface area (Å²) in [7, 11) is -3.58. The molecule has 0 aliphatic carbocycles. The van der Waals surface area contributed by atoms with E-state index in [1.807, 2.05) is 0 Å². The van der Waals surface area contributed by atoms with Crippen LogP contribution in [0.3, 0.4) is 0 Å². The fraction of sp³-hybridized carbons (Fsp3) is 0.400. The lowest BCUT2D eigenvalue weighted by atomic mass is 10.2. The van der Waals surface area contributed by atoms with Gasteiger partial charge in [0.25, 0.3) is 0 Å². The Balaban J connectivity index is 2.88. The monoisotopic (exact) mass is 250 g/mol. The number of hydrogen-bond donors (Lipinski definition) is 1. The minimum absolute atomic E-state index is 0.0953. The first-order valence-corrected chi connectivity index (χ1v) is 6.45. The molecule has 0 fully saturated rings. The molecule has 6 heteroatoms. The second-order valence-electron chi connectivity index (χ2n) is 3.64. The van der Waals surface area contributed by atoms with Gasteiger partial charge in [0.15, 0.2) is 9.84 Å². The molecule has 1 aromatic carbocycles. The average Bonchev–Trinajstić information content (AvgIpc) is 2.07. The molecule has 0 radical (unpaired) electrons. The summed E-state index contributed by atoms with van der Waals surface area (Å²) < 4.78 is 48.6. The van der Waals surface area contributed by atoms with Gasteiger partial charge in [0.05, 0.1) is 17.6 Å². The summed E-state index contributed by atoms with van der Waals surface area (Å²) >= 11 is 0. The minimum atomic E-state index is -3.58. The first-order valence-electron chi connectivity index (χ1n) is 4.62. The van der Waals surface area contributed by atoms with Crippen molar-refractivity contribution in [3.05, 3.63) is 35.4 Å². The van der Waals surface area contributed by atoms with E-state index in [4.69, 9.17) is 5.11 Å². The van der Waals surface area contributed by atoms with Crippen LogP contribution in [0.15, 0.2) is 18.2 Å². The molecule has 16 heavy (non-hydrogen) atoms. The number of hydrogen-bond acceptors (Lipinski definition) is 3. The maximum Gasteiger partial charge on any atom is 0.157 e. The Morgan fingerprint density at radius 1 is 1.38 bits per heavy atom. The van der Waals surface area contributed by atoms with Crippen molar-refractivity contribution in [1.82, 2.24) is 0 Å². The minimum Gasteiger partial charge on any atom is -0.392 e. The van der Waals surface area contributed by atoms with E-state index in [2.05, 4.69) is 0 Å². The summed E-state index contributed by atoms with van der Waals surface area (Å²) in [6, 6.07) is 2.72. The van der Waals surface area contributed by atoms with Gasteiger partial charge in [0, 0.05) is 11.6 Å². The quantitative estimate of drug-likeness (QED) is 0.875. The molecule has 0 saturated carbocycles. The van der Waals surface area contributed by atoms with Crippen LogP contribution in [0.25, 0.3) is 0 Å². The third-order valence-electron chi connectivity index (χ3n) is 1.89. The zero-order chi connectivity index (χ0) is 12.3. The second kappa shape index (κ2) is 4.88. The van der Waals surface area contributed by atoms with Gasteiger partial charge in [-0.3, -0.25) is 0 Å². The van der Waals surface area contributed by atoms with E-state index < -0.39 is 39.1 Å². The Morgan fingerprint density at radius 2 is 2.00 bits per heavy atom. The molecule has 0 aliphatic heterocycles. The summed E-state index contributed by atoms with van der Waals surface area (Å²) in [6.45, 7) is 1.33. The highest BCUT2D eigenvalue weighted by molar-refractivity contribution is 7.90. The largest absolute Gasteiger partial charge is 0.392 e. The molecule has 0 saturated heterocycles. The summed E-state index contributed by atoms with van der Waals surface area (Å²) in [5.41, 5.74) is -0.0953. The Morgan fingerprint density at radius 3 is 2.50 bits per heavy atom. The molecule has 0 heterocycles. The Hall–Kier alpha value is -1.01. The summed E-state index contributed by atoms with van der Waals surface area (Å²) in [4.78, 5) is 0.